The van der Waals surface area contributed by atoms with Gasteiger partial charge in [-0.1, -0.05) is 12.1 Å². The minimum absolute atomic E-state index is 0.402. The van der Waals surface area contributed by atoms with Gasteiger partial charge in [0.1, 0.15) is 11.9 Å². The second-order valence-corrected chi connectivity index (χ2v) is 3.92. The summed E-state index contributed by atoms with van der Waals surface area (Å²) in [5.74, 6) is 0.402. The predicted molar refractivity (Wildman–Crippen MR) is 69.7 cm³/mol. The molecule has 2 aromatic rings. The molecule has 5 heteroatoms. The van der Waals surface area contributed by atoms with Crippen molar-refractivity contribution in [2.24, 2.45) is 0 Å². The quantitative estimate of drug-likeness (QED) is 0.879. The molecule has 2 rings (SSSR count). The molecule has 5 nitrogen and oxygen atoms in total. The Morgan fingerprint density at radius 1 is 1.28 bits per heavy atom. The molecule has 0 bridgehead atoms. The fourth-order valence-corrected chi connectivity index (χ4v) is 1.68. The highest BCUT2D eigenvalue weighted by Crippen LogP contribution is 2.19. The number of hydrogen-bond acceptors (Lipinski definition) is 5. The molecule has 1 aromatic heterocycles. The van der Waals surface area contributed by atoms with Crippen LogP contribution in [-0.4, -0.2) is 17.0 Å². The first-order valence-electron chi connectivity index (χ1n) is 5.47. The molecule has 1 aromatic carbocycles. The Kier molecular flexibility index (Phi) is 3.39. The van der Waals surface area contributed by atoms with Crippen molar-refractivity contribution in [3.05, 3.63) is 47.9 Å². The maximum atomic E-state index is 9.05. The minimum Gasteiger partial charge on any atom is -0.382 e. The summed E-state index contributed by atoms with van der Waals surface area (Å²) in [5.41, 5.74) is 7.80. The van der Waals surface area contributed by atoms with E-state index in [0.717, 1.165) is 11.4 Å². The lowest BCUT2D eigenvalue weighted by Crippen LogP contribution is -2.18. The number of hydrogen-bond donors (Lipinski definition) is 1. The lowest BCUT2D eigenvalue weighted by atomic mass is 10.2. The van der Waals surface area contributed by atoms with Crippen LogP contribution in [0.2, 0.25) is 0 Å². The van der Waals surface area contributed by atoms with Gasteiger partial charge in [-0.05, 0) is 12.1 Å². The third-order valence-corrected chi connectivity index (χ3v) is 2.56. The average molecular weight is 239 g/mol. The van der Waals surface area contributed by atoms with Gasteiger partial charge in [0.05, 0.1) is 35.9 Å². The van der Waals surface area contributed by atoms with Crippen LogP contribution in [0.3, 0.4) is 0 Å². The number of benzene rings is 1. The van der Waals surface area contributed by atoms with Gasteiger partial charge in [-0.3, -0.25) is 4.98 Å². The van der Waals surface area contributed by atoms with Crippen molar-refractivity contribution in [2.45, 2.75) is 6.54 Å². The summed E-state index contributed by atoms with van der Waals surface area (Å²) in [5, 5.41) is 9.05. The molecule has 0 saturated heterocycles. The van der Waals surface area contributed by atoms with Crippen molar-refractivity contribution in [3.63, 3.8) is 0 Å². The summed E-state index contributed by atoms with van der Waals surface area (Å²) in [7, 11) is 1.91. The van der Waals surface area contributed by atoms with E-state index in [1.807, 2.05) is 30.1 Å². The molecule has 18 heavy (non-hydrogen) atoms. The van der Waals surface area contributed by atoms with E-state index >= 15 is 0 Å². The summed E-state index contributed by atoms with van der Waals surface area (Å²) in [4.78, 5) is 10.1. The molecule has 1 heterocycles. The number of para-hydroxylation sites is 1. The van der Waals surface area contributed by atoms with Crippen molar-refractivity contribution in [2.75, 3.05) is 17.7 Å². The number of nitrogen functional groups attached to an aromatic ring is 1. The SMILES string of the molecule is CN(Cc1cnc(N)cn1)c1ccccc1C#N. The number of rotatable bonds is 3. The van der Waals surface area contributed by atoms with Crippen LogP contribution in [0.15, 0.2) is 36.7 Å². The van der Waals surface area contributed by atoms with Gasteiger partial charge < -0.3 is 10.6 Å². The monoisotopic (exact) mass is 239 g/mol. The zero-order chi connectivity index (χ0) is 13.0. The molecule has 0 unspecified atom stereocenters. The summed E-state index contributed by atoms with van der Waals surface area (Å²) in [6, 6.07) is 9.62. The van der Waals surface area contributed by atoms with Crippen LogP contribution >= 0.6 is 0 Å². The van der Waals surface area contributed by atoms with Crippen molar-refractivity contribution >= 4 is 11.5 Å². The van der Waals surface area contributed by atoms with Crippen LogP contribution in [0, 0.1) is 11.3 Å². The first-order chi connectivity index (χ1) is 8.70. The van der Waals surface area contributed by atoms with Gasteiger partial charge in [-0.15, -0.1) is 0 Å². The highest BCUT2D eigenvalue weighted by atomic mass is 15.1. The lowest BCUT2D eigenvalue weighted by molar-refractivity contribution is 0.873. The standard InChI is InChI=1S/C13H13N5/c1-18(9-11-7-17-13(15)8-16-11)12-5-3-2-4-10(12)6-14/h2-5,7-8H,9H2,1H3,(H2,15,17). The molecule has 0 atom stereocenters. The summed E-state index contributed by atoms with van der Waals surface area (Å²) in [6.07, 6.45) is 3.17. The number of aromatic nitrogens is 2. The van der Waals surface area contributed by atoms with Crippen LogP contribution in [0.1, 0.15) is 11.3 Å². The van der Waals surface area contributed by atoms with Gasteiger partial charge in [0.15, 0.2) is 0 Å². The first-order valence-corrected chi connectivity index (χ1v) is 5.47. The second-order valence-electron chi connectivity index (χ2n) is 3.92. The number of anilines is 2. The Morgan fingerprint density at radius 3 is 2.72 bits per heavy atom. The van der Waals surface area contributed by atoms with E-state index in [-0.39, 0.29) is 0 Å². The molecule has 0 saturated carbocycles. The van der Waals surface area contributed by atoms with Crippen LogP contribution < -0.4 is 10.6 Å². The van der Waals surface area contributed by atoms with Gasteiger partial charge in [-0.25, -0.2) is 4.98 Å². The topological polar surface area (TPSA) is 78.8 Å². The van der Waals surface area contributed by atoms with Crippen molar-refractivity contribution in [1.82, 2.24) is 9.97 Å². The largest absolute Gasteiger partial charge is 0.382 e. The van der Waals surface area contributed by atoms with E-state index in [2.05, 4.69) is 16.0 Å². The molecule has 90 valence electrons. The predicted octanol–water partition coefficient (Wildman–Crippen LogP) is 1.57. The maximum Gasteiger partial charge on any atom is 0.141 e. The van der Waals surface area contributed by atoms with E-state index in [1.165, 1.54) is 6.20 Å². The van der Waals surface area contributed by atoms with Crippen LogP contribution in [0.25, 0.3) is 0 Å². The zero-order valence-electron chi connectivity index (χ0n) is 10.0. The van der Waals surface area contributed by atoms with E-state index in [4.69, 9.17) is 11.0 Å². The molecule has 0 aliphatic carbocycles. The molecule has 0 aliphatic heterocycles. The molecule has 0 fully saturated rings. The van der Waals surface area contributed by atoms with Crippen molar-refractivity contribution in [3.8, 4) is 6.07 Å². The molecule has 0 amide bonds. The van der Waals surface area contributed by atoms with E-state index in [0.29, 0.717) is 17.9 Å². The lowest BCUT2D eigenvalue weighted by Gasteiger charge is -2.19. The van der Waals surface area contributed by atoms with Crippen molar-refractivity contribution in [1.29, 1.82) is 5.26 Å². The fraction of sp³-hybridized carbons (Fsp3) is 0.154. The zero-order valence-corrected chi connectivity index (χ0v) is 10.0. The molecular formula is C13H13N5. The highest BCUT2D eigenvalue weighted by molar-refractivity contribution is 5.58. The third-order valence-electron chi connectivity index (χ3n) is 2.56. The van der Waals surface area contributed by atoms with E-state index in [9.17, 15) is 0 Å². The molecule has 0 spiro atoms. The Labute approximate surface area is 106 Å². The number of nitriles is 1. The minimum atomic E-state index is 0.402. The van der Waals surface area contributed by atoms with Crippen molar-refractivity contribution < 1.29 is 0 Å². The van der Waals surface area contributed by atoms with Gasteiger partial charge >= 0.3 is 0 Å². The Hall–Kier alpha value is -2.61. The Balaban J connectivity index is 2.19. The third kappa shape index (κ3) is 2.55. The van der Waals surface area contributed by atoms with Gasteiger partial charge in [0.25, 0.3) is 0 Å². The van der Waals surface area contributed by atoms with Gasteiger partial charge in [-0.2, -0.15) is 5.26 Å². The fourth-order valence-electron chi connectivity index (χ4n) is 1.68. The van der Waals surface area contributed by atoms with Gasteiger partial charge in [0.2, 0.25) is 0 Å². The second kappa shape index (κ2) is 5.15. The van der Waals surface area contributed by atoms with Gasteiger partial charge in [0, 0.05) is 7.05 Å². The molecule has 0 radical (unpaired) electrons. The number of nitrogens with zero attached hydrogens (tertiary/aromatic N) is 4. The van der Waals surface area contributed by atoms with Crippen LogP contribution in [-0.2, 0) is 6.54 Å². The smallest absolute Gasteiger partial charge is 0.141 e. The number of nitrogens with two attached hydrogens (primary N) is 1. The Morgan fingerprint density at radius 2 is 2.06 bits per heavy atom. The first kappa shape index (κ1) is 11.9. The van der Waals surface area contributed by atoms with Crippen LogP contribution in [0.4, 0.5) is 11.5 Å². The Bertz CT molecular complexity index is 571. The van der Waals surface area contributed by atoms with Crippen LogP contribution in [0.5, 0.6) is 0 Å². The normalized spacial score (nSPS) is 9.78. The molecule has 0 aliphatic rings. The average Bonchev–Trinajstić information content (AvgIpc) is 2.41. The summed E-state index contributed by atoms with van der Waals surface area (Å²) in [6.45, 7) is 0.575. The summed E-state index contributed by atoms with van der Waals surface area (Å²) < 4.78 is 0. The molecule has 2 N–H and O–H groups in total. The maximum absolute atomic E-state index is 9.05. The summed E-state index contributed by atoms with van der Waals surface area (Å²) >= 11 is 0. The van der Waals surface area contributed by atoms with E-state index < -0.39 is 0 Å². The van der Waals surface area contributed by atoms with E-state index in [1.54, 1.807) is 12.3 Å². The molecular weight excluding hydrogens is 226 g/mol. The highest BCUT2D eigenvalue weighted by Gasteiger charge is 2.07.